The van der Waals surface area contributed by atoms with Crippen LogP contribution in [-0.4, -0.2) is 38.4 Å². The molecule has 1 amide bonds. The number of carbonyl (C=O) groups excluding carboxylic acids is 1. The van der Waals surface area contributed by atoms with E-state index in [1.807, 2.05) is 41.3 Å². The van der Waals surface area contributed by atoms with Crippen molar-refractivity contribution in [2.45, 2.75) is 31.6 Å². The maximum Gasteiger partial charge on any atom is 0.261 e. The smallest absolute Gasteiger partial charge is 0.261 e. The number of nitrogens with zero attached hydrogens (tertiary/aromatic N) is 4. The highest BCUT2D eigenvalue weighted by Crippen LogP contribution is 2.33. The number of aryl methyl sites for hydroxylation is 1. The van der Waals surface area contributed by atoms with E-state index in [-0.39, 0.29) is 11.5 Å². The highest BCUT2D eigenvalue weighted by atomic mass is 32.1. The molecule has 31 heavy (non-hydrogen) atoms. The summed E-state index contributed by atoms with van der Waals surface area (Å²) in [5.41, 5.74) is 1.65. The van der Waals surface area contributed by atoms with Gasteiger partial charge in [-0.1, -0.05) is 24.3 Å². The van der Waals surface area contributed by atoms with Crippen molar-refractivity contribution in [3.8, 4) is 0 Å². The van der Waals surface area contributed by atoms with Gasteiger partial charge in [-0.25, -0.2) is 9.97 Å². The van der Waals surface area contributed by atoms with Crippen LogP contribution in [0, 0.1) is 0 Å². The summed E-state index contributed by atoms with van der Waals surface area (Å²) in [5.74, 6) is 1.06. The monoisotopic (exact) mass is 432 g/mol. The summed E-state index contributed by atoms with van der Waals surface area (Å²) >= 11 is 1.74. The molecule has 0 N–H and O–H groups in total. The number of thiazole rings is 1. The van der Waals surface area contributed by atoms with E-state index < -0.39 is 0 Å². The molecule has 0 radical (unpaired) electrons. The Bertz CT molecular complexity index is 1290. The molecule has 4 aromatic rings. The average Bonchev–Trinajstić information content (AvgIpc) is 3.25. The SMILES string of the molecule is Cn1c(CCC(=O)N2CCC[C@@H](c3nc4ccccc4s3)C2)nc2ccccc2c1=O. The minimum absolute atomic E-state index is 0.0677. The second kappa shape index (κ2) is 8.23. The van der Waals surface area contributed by atoms with E-state index in [0.717, 1.165) is 29.9 Å². The summed E-state index contributed by atoms with van der Waals surface area (Å²) in [7, 11) is 1.73. The summed E-state index contributed by atoms with van der Waals surface area (Å²) in [4.78, 5) is 37.0. The summed E-state index contributed by atoms with van der Waals surface area (Å²) in [5, 5.41) is 1.73. The molecule has 0 aliphatic carbocycles. The molecule has 1 atom stereocenters. The number of likely N-dealkylation sites (tertiary alicyclic amines) is 1. The molecular formula is C24H24N4O2S. The number of para-hydroxylation sites is 2. The topological polar surface area (TPSA) is 68.1 Å². The van der Waals surface area contributed by atoms with Crippen molar-refractivity contribution in [3.63, 3.8) is 0 Å². The summed E-state index contributed by atoms with van der Waals surface area (Å²) in [6, 6.07) is 15.5. The fraction of sp³-hybridized carbons (Fsp3) is 0.333. The first-order valence-corrected chi connectivity index (χ1v) is 11.5. The number of amides is 1. The number of hydrogen-bond acceptors (Lipinski definition) is 5. The van der Waals surface area contributed by atoms with Crippen LogP contribution in [0.3, 0.4) is 0 Å². The van der Waals surface area contributed by atoms with Crippen molar-refractivity contribution in [1.82, 2.24) is 19.4 Å². The average molecular weight is 433 g/mol. The first-order chi connectivity index (χ1) is 15.1. The zero-order valence-electron chi connectivity index (χ0n) is 17.5. The van der Waals surface area contributed by atoms with Gasteiger partial charge in [0.05, 0.1) is 26.1 Å². The maximum atomic E-state index is 13.0. The number of aromatic nitrogens is 3. The third kappa shape index (κ3) is 3.85. The van der Waals surface area contributed by atoms with Gasteiger partial charge in [0.25, 0.3) is 5.56 Å². The zero-order valence-corrected chi connectivity index (χ0v) is 18.3. The van der Waals surface area contributed by atoms with Crippen molar-refractivity contribution in [2.24, 2.45) is 7.05 Å². The Hall–Kier alpha value is -3.06. The van der Waals surface area contributed by atoms with Gasteiger partial charge in [-0.05, 0) is 37.1 Å². The van der Waals surface area contributed by atoms with Crippen molar-refractivity contribution in [3.05, 3.63) is 69.7 Å². The van der Waals surface area contributed by atoms with Gasteiger partial charge in [0.15, 0.2) is 0 Å². The summed E-state index contributed by atoms with van der Waals surface area (Å²) in [6.45, 7) is 1.49. The predicted molar refractivity (Wildman–Crippen MR) is 123 cm³/mol. The van der Waals surface area contributed by atoms with Gasteiger partial charge < -0.3 is 4.90 Å². The number of fused-ring (bicyclic) bond motifs is 2. The molecule has 2 aromatic heterocycles. The molecule has 158 valence electrons. The maximum absolute atomic E-state index is 13.0. The second-order valence-electron chi connectivity index (χ2n) is 8.11. The number of rotatable bonds is 4. The van der Waals surface area contributed by atoms with Crippen LogP contribution in [0.15, 0.2) is 53.3 Å². The van der Waals surface area contributed by atoms with Gasteiger partial charge >= 0.3 is 0 Å². The van der Waals surface area contributed by atoms with E-state index in [1.165, 1.54) is 4.70 Å². The van der Waals surface area contributed by atoms with Gasteiger partial charge in [0, 0.05) is 38.9 Å². The molecule has 3 heterocycles. The number of benzene rings is 2. The van der Waals surface area contributed by atoms with Crippen LogP contribution in [0.2, 0.25) is 0 Å². The Morgan fingerprint density at radius 3 is 2.71 bits per heavy atom. The molecule has 7 heteroatoms. The molecule has 6 nitrogen and oxygen atoms in total. The minimum atomic E-state index is -0.0677. The van der Waals surface area contributed by atoms with Crippen molar-refractivity contribution >= 4 is 38.4 Å². The molecule has 0 bridgehead atoms. The molecule has 1 fully saturated rings. The van der Waals surface area contributed by atoms with Gasteiger partial charge in [-0.3, -0.25) is 14.2 Å². The lowest BCUT2D eigenvalue weighted by Crippen LogP contribution is -2.39. The summed E-state index contributed by atoms with van der Waals surface area (Å²) < 4.78 is 2.76. The molecule has 5 rings (SSSR count). The number of piperidine rings is 1. The Labute approximate surface area is 184 Å². The lowest BCUT2D eigenvalue weighted by atomic mass is 9.98. The zero-order chi connectivity index (χ0) is 21.4. The van der Waals surface area contributed by atoms with Crippen LogP contribution in [0.1, 0.15) is 36.0 Å². The molecule has 1 aliphatic rings. The molecule has 1 saturated heterocycles. The quantitative estimate of drug-likeness (QED) is 0.491. The van der Waals surface area contributed by atoms with Crippen LogP contribution in [0.4, 0.5) is 0 Å². The minimum Gasteiger partial charge on any atom is -0.342 e. The third-order valence-electron chi connectivity index (χ3n) is 6.07. The summed E-state index contributed by atoms with van der Waals surface area (Å²) in [6.07, 6.45) is 2.85. The van der Waals surface area contributed by atoms with Crippen LogP contribution in [0.25, 0.3) is 21.1 Å². The third-order valence-corrected chi connectivity index (χ3v) is 7.27. The van der Waals surface area contributed by atoms with Crippen LogP contribution in [0.5, 0.6) is 0 Å². The molecular weight excluding hydrogens is 408 g/mol. The predicted octanol–water partition coefficient (Wildman–Crippen LogP) is 3.88. The van der Waals surface area contributed by atoms with E-state index in [4.69, 9.17) is 4.98 Å². The number of hydrogen-bond donors (Lipinski definition) is 0. The van der Waals surface area contributed by atoms with Crippen molar-refractivity contribution < 1.29 is 4.79 Å². The lowest BCUT2D eigenvalue weighted by Gasteiger charge is -2.32. The molecule has 2 aromatic carbocycles. The van der Waals surface area contributed by atoms with Gasteiger partial charge in [0.2, 0.25) is 5.91 Å². The largest absolute Gasteiger partial charge is 0.342 e. The van der Waals surface area contributed by atoms with Crippen LogP contribution in [-0.2, 0) is 18.3 Å². The lowest BCUT2D eigenvalue weighted by molar-refractivity contribution is -0.132. The Balaban J connectivity index is 1.29. The molecule has 0 unspecified atom stereocenters. The van der Waals surface area contributed by atoms with Gasteiger partial charge in [-0.15, -0.1) is 11.3 Å². The molecule has 1 aliphatic heterocycles. The van der Waals surface area contributed by atoms with E-state index in [1.54, 1.807) is 29.0 Å². The van der Waals surface area contributed by atoms with Crippen molar-refractivity contribution in [2.75, 3.05) is 13.1 Å². The molecule has 0 spiro atoms. The Morgan fingerprint density at radius 1 is 1.10 bits per heavy atom. The highest BCUT2D eigenvalue weighted by Gasteiger charge is 2.27. The first kappa shape index (κ1) is 19.9. The highest BCUT2D eigenvalue weighted by molar-refractivity contribution is 7.18. The van der Waals surface area contributed by atoms with E-state index in [9.17, 15) is 9.59 Å². The standard InChI is InChI=1S/C24H24N4O2S/c1-27-21(25-18-9-3-2-8-17(18)24(27)30)12-13-22(29)28-14-6-7-16(15-28)23-26-19-10-4-5-11-20(19)31-23/h2-5,8-11,16H,6-7,12-15H2,1H3/t16-/m1/s1. The van der Waals surface area contributed by atoms with Gasteiger partial charge in [-0.2, -0.15) is 0 Å². The van der Waals surface area contributed by atoms with E-state index >= 15 is 0 Å². The fourth-order valence-corrected chi connectivity index (χ4v) is 5.43. The van der Waals surface area contributed by atoms with Crippen LogP contribution >= 0.6 is 11.3 Å². The van der Waals surface area contributed by atoms with E-state index in [2.05, 4.69) is 11.1 Å². The van der Waals surface area contributed by atoms with E-state index in [0.29, 0.717) is 42.0 Å². The Kier molecular flexibility index (Phi) is 5.28. The second-order valence-corrected chi connectivity index (χ2v) is 9.17. The fourth-order valence-electron chi connectivity index (χ4n) is 4.33. The normalized spacial score (nSPS) is 16.8. The molecule has 0 saturated carbocycles. The number of carbonyl (C=O) groups is 1. The first-order valence-electron chi connectivity index (χ1n) is 10.7. The van der Waals surface area contributed by atoms with Crippen molar-refractivity contribution in [1.29, 1.82) is 0 Å². The van der Waals surface area contributed by atoms with Crippen LogP contribution < -0.4 is 5.56 Å². The van der Waals surface area contributed by atoms with Gasteiger partial charge in [0.1, 0.15) is 5.82 Å². The Morgan fingerprint density at radius 2 is 1.87 bits per heavy atom.